The van der Waals surface area contributed by atoms with Gasteiger partial charge in [0.05, 0.1) is 32.8 Å². The highest BCUT2D eigenvalue weighted by atomic mass is 32.1. The maximum absolute atomic E-state index is 14.2. The minimum absolute atomic E-state index is 0.0196. The summed E-state index contributed by atoms with van der Waals surface area (Å²) in [4.78, 5) is 31.2. The van der Waals surface area contributed by atoms with E-state index in [0.717, 1.165) is 37.9 Å². The molecule has 2 heterocycles. The lowest BCUT2D eigenvalue weighted by Crippen LogP contribution is -2.23. The second-order valence-electron chi connectivity index (χ2n) is 10.4. The van der Waals surface area contributed by atoms with Crippen molar-refractivity contribution >= 4 is 27.5 Å². The summed E-state index contributed by atoms with van der Waals surface area (Å²) < 4.78 is 18.3. The standard InChI is InChI=1S/C35H36N2O5S/c1-6-42-35(39)29-22-37(20-26-13-9-10-14-30(26)41-5)34-31(32(29)38)28(21-36(3)19-25-12-8-7-11-23(25)2)33(43-34)24-15-17-27(40-4)18-16-24/h7-18,22H,6,19-21H2,1-5H3. The largest absolute Gasteiger partial charge is 0.497 e. The van der Waals surface area contributed by atoms with Gasteiger partial charge in [-0.1, -0.05) is 42.5 Å². The highest BCUT2D eigenvalue weighted by molar-refractivity contribution is 7.22. The number of hydrogen-bond acceptors (Lipinski definition) is 7. The lowest BCUT2D eigenvalue weighted by atomic mass is 10.0. The van der Waals surface area contributed by atoms with Crippen LogP contribution in [0.1, 0.15) is 39.5 Å². The highest BCUT2D eigenvalue weighted by Gasteiger charge is 2.25. The molecule has 0 atom stereocenters. The van der Waals surface area contributed by atoms with E-state index in [-0.39, 0.29) is 17.6 Å². The first-order valence-corrected chi connectivity index (χ1v) is 15.0. The molecule has 0 bridgehead atoms. The lowest BCUT2D eigenvalue weighted by Gasteiger charge is -2.19. The summed E-state index contributed by atoms with van der Waals surface area (Å²) in [6, 6.07) is 23.9. The number of pyridine rings is 1. The van der Waals surface area contributed by atoms with E-state index in [4.69, 9.17) is 14.2 Å². The van der Waals surface area contributed by atoms with E-state index >= 15 is 0 Å². The number of para-hydroxylation sites is 1. The van der Waals surface area contributed by atoms with Crippen LogP contribution in [0.25, 0.3) is 20.7 Å². The Labute approximate surface area is 255 Å². The van der Waals surface area contributed by atoms with Crippen molar-refractivity contribution in [2.24, 2.45) is 0 Å². The quantitative estimate of drug-likeness (QED) is 0.154. The van der Waals surface area contributed by atoms with E-state index in [0.29, 0.717) is 25.0 Å². The van der Waals surface area contributed by atoms with Crippen LogP contribution in [-0.2, 0) is 24.4 Å². The average molecular weight is 597 g/mol. The van der Waals surface area contributed by atoms with E-state index in [1.54, 1.807) is 38.7 Å². The number of rotatable bonds is 11. The van der Waals surface area contributed by atoms with Crippen molar-refractivity contribution in [3.63, 3.8) is 0 Å². The van der Waals surface area contributed by atoms with Crippen molar-refractivity contribution < 1.29 is 19.0 Å². The molecule has 0 radical (unpaired) electrons. The van der Waals surface area contributed by atoms with E-state index < -0.39 is 5.97 Å². The molecule has 8 heteroatoms. The van der Waals surface area contributed by atoms with E-state index in [1.807, 2.05) is 65.2 Å². The normalized spacial score (nSPS) is 11.2. The van der Waals surface area contributed by atoms with Gasteiger partial charge in [-0.15, -0.1) is 11.3 Å². The van der Waals surface area contributed by atoms with E-state index in [9.17, 15) is 9.59 Å². The molecule has 5 rings (SSSR count). The zero-order valence-electron chi connectivity index (χ0n) is 25.2. The van der Waals surface area contributed by atoms with Crippen molar-refractivity contribution in [3.05, 3.63) is 117 Å². The van der Waals surface area contributed by atoms with Gasteiger partial charge in [0.25, 0.3) is 0 Å². The van der Waals surface area contributed by atoms with E-state index in [1.165, 1.54) is 11.1 Å². The number of aryl methyl sites for hydroxylation is 1. The fourth-order valence-corrected chi connectivity index (χ4v) is 6.60. The van der Waals surface area contributed by atoms with Crippen molar-refractivity contribution in [1.29, 1.82) is 0 Å². The van der Waals surface area contributed by atoms with Gasteiger partial charge in [-0.3, -0.25) is 9.69 Å². The van der Waals surface area contributed by atoms with Crippen molar-refractivity contribution in [2.45, 2.75) is 33.5 Å². The van der Waals surface area contributed by atoms with Gasteiger partial charge in [0.2, 0.25) is 5.43 Å². The maximum Gasteiger partial charge on any atom is 0.343 e. The van der Waals surface area contributed by atoms with Gasteiger partial charge in [-0.2, -0.15) is 0 Å². The molecule has 222 valence electrons. The number of aromatic nitrogens is 1. The molecule has 0 aliphatic carbocycles. The molecule has 43 heavy (non-hydrogen) atoms. The summed E-state index contributed by atoms with van der Waals surface area (Å²) >= 11 is 1.55. The molecule has 0 unspecified atom stereocenters. The lowest BCUT2D eigenvalue weighted by molar-refractivity contribution is 0.0524. The molecule has 2 aromatic heterocycles. The van der Waals surface area contributed by atoms with Gasteiger partial charge in [0.15, 0.2) is 0 Å². The summed E-state index contributed by atoms with van der Waals surface area (Å²) in [6.45, 7) is 5.64. The first-order chi connectivity index (χ1) is 20.8. The van der Waals surface area contributed by atoms with Gasteiger partial charge < -0.3 is 18.8 Å². The summed E-state index contributed by atoms with van der Waals surface area (Å²) in [7, 11) is 5.33. The molecule has 7 nitrogen and oxygen atoms in total. The number of fused-ring (bicyclic) bond motifs is 1. The Balaban J connectivity index is 1.73. The van der Waals surface area contributed by atoms with Crippen LogP contribution < -0.4 is 14.9 Å². The van der Waals surface area contributed by atoms with Crippen LogP contribution in [0.15, 0.2) is 83.8 Å². The number of nitrogens with zero attached hydrogens (tertiary/aromatic N) is 2. The molecule has 0 N–H and O–H groups in total. The zero-order chi connectivity index (χ0) is 30.5. The van der Waals surface area contributed by atoms with Crippen LogP contribution in [0.4, 0.5) is 0 Å². The van der Waals surface area contributed by atoms with Crippen LogP contribution in [0, 0.1) is 6.92 Å². The Morgan fingerprint density at radius 1 is 0.907 bits per heavy atom. The SMILES string of the molecule is CCOC(=O)c1cn(Cc2ccccc2OC)c2sc(-c3ccc(OC)cc3)c(CN(C)Cc3ccccc3C)c2c1=O. The smallest absolute Gasteiger partial charge is 0.343 e. The molecule has 5 aromatic rings. The molecule has 0 saturated heterocycles. The second kappa shape index (κ2) is 13.3. The molecule has 0 saturated carbocycles. The number of methoxy groups -OCH3 is 2. The minimum Gasteiger partial charge on any atom is -0.497 e. The number of hydrogen-bond donors (Lipinski definition) is 0. The topological polar surface area (TPSA) is 70.0 Å². The predicted octanol–water partition coefficient (Wildman–Crippen LogP) is 6.91. The fourth-order valence-electron chi connectivity index (χ4n) is 5.32. The van der Waals surface area contributed by atoms with Gasteiger partial charge in [0, 0.05) is 29.7 Å². The van der Waals surface area contributed by atoms with Crippen LogP contribution in [0.5, 0.6) is 11.5 Å². The number of thiophene rings is 1. The van der Waals surface area contributed by atoms with Crippen molar-refractivity contribution in [1.82, 2.24) is 9.47 Å². The molecule has 0 aliphatic heterocycles. The summed E-state index contributed by atoms with van der Waals surface area (Å²) in [6.07, 6.45) is 1.63. The van der Waals surface area contributed by atoms with Crippen molar-refractivity contribution in [2.75, 3.05) is 27.9 Å². The monoisotopic (exact) mass is 596 g/mol. The number of esters is 1. The molecular formula is C35H36N2O5S. The van der Waals surface area contributed by atoms with Crippen LogP contribution >= 0.6 is 11.3 Å². The van der Waals surface area contributed by atoms with Gasteiger partial charge in [-0.05, 0) is 73.5 Å². The van der Waals surface area contributed by atoms with Crippen LogP contribution in [0.3, 0.4) is 0 Å². The van der Waals surface area contributed by atoms with Crippen LogP contribution in [-0.4, -0.2) is 43.3 Å². The molecule has 0 fully saturated rings. The Morgan fingerprint density at radius 3 is 2.28 bits per heavy atom. The minimum atomic E-state index is -0.625. The Kier molecular flexibility index (Phi) is 9.28. The predicted molar refractivity (Wildman–Crippen MR) is 172 cm³/mol. The summed E-state index contributed by atoms with van der Waals surface area (Å²) in [5.74, 6) is 0.861. The number of ether oxygens (including phenoxy) is 3. The van der Waals surface area contributed by atoms with Gasteiger partial charge >= 0.3 is 5.97 Å². The maximum atomic E-state index is 14.2. The molecule has 3 aromatic carbocycles. The summed E-state index contributed by atoms with van der Waals surface area (Å²) in [5.41, 5.74) is 4.92. The third-order valence-electron chi connectivity index (χ3n) is 7.52. The van der Waals surface area contributed by atoms with Gasteiger partial charge in [-0.25, -0.2) is 4.79 Å². The van der Waals surface area contributed by atoms with E-state index in [2.05, 4.69) is 31.0 Å². The van der Waals surface area contributed by atoms with Gasteiger partial charge in [0.1, 0.15) is 21.9 Å². The zero-order valence-corrected chi connectivity index (χ0v) is 26.0. The number of carbonyl (C=O) groups is 1. The number of carbonyl (C=O) groups excluding carboxylic acids is 1. The molecule has 0 amide bonds. The van der Waals surface area contributed by atoms with Crippen LogP contribution in [0.2, 0.25) is 0 Å². The average Bonchev–Trinajstić information content (AvgIpc) is 3.39. The van der Waals surface area contributed by atoms with Crippen molar-refractivity contribution in [3.8, 4) is 21.9 Å². The molecule has 0 aliphatic rings. The third kappa shape index (κ3) is 6.35. The molecule has 0 spiro atoms. The molecular weight excluding hydrogens is 560 g/mol. The third-order valence-corrected chi connectivity index (χ3v) is 8.83. The number of benzene rings is 3. The fraction of sp³-hybridized carbons (Fsp3) is 0.257. The first-order valence-electron chi connectivity index (χ1n) is 14.2. The Morgan fingerprint density at radius 2 is 1.60 bits per heavy atom. The second-order valence-corrected chi connectivity index (χ2v) is 11.4. The highest BCUT2D eigenvalue weighted by Crippen LogP contribution is 2.39. The Bertz CT molecular complexity index is 1810. The Hall–Kier alpha value is -4.40. The summed E-state index contributed by atoms with van der Waals surface area (Å²) in [5, 5.41) is 0.535. The first kappa shape index (κ1) is 30.1.